The molecule has 188 valence electrons. The number of rotatable bonds is 10. The Kier molecular flexibility index (Phi) is 7.09. The van der Waals surface area contributed by atoms with Crippen LogP contribution in [0, 0.1) is 11.3 Å². The molecule has 35 heavy (non-hydrogen) atoms. The fourth-order valence-corrected chi connectivity index (χ4v) is 6.33. The lowest BCUT2D eigenvalue weighted by molar-refractivity contribution is 0.0719. The van der Waals surface area contributed by atoms with Crippen LogP contribution in [0.3, 0.4) is 0 Å². The van der Waals surface area contributed by atoms with Crippen LogP contribution < -0.4 is 0 Å². The average Bonchev–Trinajstić information content (AvgIpc) is 3.37. The van der Waals surface area contributed by atoms with E-state index < -0.39 is 23.6 Å². The van der Waals surface area contributed by atoms with Gasteiger partial charge in [-0.05, 0) is 19.0 Å². The molecule has 4 rings (SSSR count). The summed E-state index contributed by atoms with van der Waals surface area (Å²) in [5, 5.41) is 15.2. The molecule has 3 aromatic rings. The second-order valence-corrected chi connectivity index (χ2v) is 18.4. The molecule has 3 aromatic heterocycles. The van der Waals surface area contributed by atoms with Crippen molar-refractivity contribution in [2.45, 2.75) is 51.3 Å². The maximum Gasteiger partial charge on any atom is 0.213 e. The van der Waals surface area contributed by atoms with Crippen LogP contribution in [0.4, 0.5) is 0 Å². The third-order valence-corrected chi connectivity index (χ3v) is 10.1. The Morgan fingerprint density at radius 1 is 1.29 bits per heavy atom. The molecule has 1 aliphatic heterocycles. The zero-order chi connectivity index (χ0) is 25.4. The van der Waals surface area contributed by atoms with E-state index in [4.69, 9.17) is 16.3 Å². The van der Waals surface area contributed by atoms with Gasteiger partial charge in [0.25, 0.3) is 0 Å². The van der Waals surface area contributed by atoms with Crippen LogP contribution in [0.15, 0.2) is 24.8 Å². The number of ether oxygens (including phenoxy) is 1. The fraction of sp³-hybridized carbons (Fsp3) is 0.545. The van der Waals surface area contributed by atoms with Crippen molar-refractivity contribution in [2.75, 3.05) is 25.4 Å². The molecule has 0 bridgehead atoms. The molecular weight excluding hydrogens is 506 g/mol. The van der Waals surface area contributed by atoms with E-state index in [-0.39, 0.29) is 25.3 Å². The van der Waals surface area contributed by atoms with Crippen molar-refractivity contribution in [1.82, 2.24) is 28.6 Å². The van der Waals surface area contributed by atoms with E-state index in [1.807, 2.05) is 16.8 Å². The van der Waals surface area contributed by atoms with Gasteiger partial charge in [0.05, 0.1) is 30.1 Å². The van der Waals surface area contributed by atoms with E-state index in [1.165, 1.54) is 10.6 Å². The van der Waals surface area contributed by atoms with Gasteiger partial charge in [0.15, 0.2) is 0 Å². The molecule has 1 saturated heterocycles. The molecule has 0 saturated carbocycles. The largest absolute Gasteiger partial charge is 0.361 e. The first-order valence-electron chi connectivity index (χ1n) is 11.5. The number of fused-ring (bicyclic) bond motifs is 1. The maximum absolute atomic E-state index is 12.2. The standard InChI is InChI=1S/C22H30ClN7O3SSi/c1-5-34(31,32)28-13-22(14-28,6-7-24)30-12-17(11-27-30)20-18-10-19(23)29(21(18)26-15-25-20)16-33-8-9-35(2,3)4/h10-12,15H,5-6,8-9,13-14,16H2,1-4H3. The predicted molar refractivity (Wildman–Crippen MR) is 137 cm³/mol. The smallest absolute Gasteiger partial charge is 0.213 e. The number of sulfonamides is 1. The number of halogens is 1. The van der Waals surface area contributed by atoms with E-state index >= 15 is 0 Å². The minimum atomic E-state index is -3.32. The molecule has 0 spiro atoms. The zero-order valence-corrected chi connectivity index (χ0v) is 23.0. The summed E-state index contributed by atoms with van der Waals surface area (Å²) in [4.78, 5) is 8.90. The Hall–Kier alpha value is -2.30. The highest BCUT2D eigenvalue weighted by molar-refractivity contribution is 7.89. The van der Waals surface area contributed by atoms with Gasteiger partial charge in [-0.3, -0.25) is 9.25 Å². The first-order valence-corrected chi connectivity index (χ1v) is 17.2. The molecule has 0 amide bonds. The summed E-state index contributed by atoms with van der Waals surface area (Å²) >= 11 is 6.52. The van der Waals surface area contributed by atoms with Gasteiger partial charge in [0.2, 0.25) is 10.0 Å². The van der Waals surface area contributed by atoms with Crippen molar-refractivity contribution >= 4 is 40.7 Å². The highest BCUT2D eigenvalue weighted by Crippen LogP contribution is 2.36. The van der Waals surface area contributed by atoms with Gasteiger partial charge in [0.1, 0.15) is 29.4 Å². The van der Waals surface area contributed by atoms with Crippen molar-refractivity contribution in [3.63, 3.8) is 0 Å². The van der Waals surface area contributed by atoms with Gasteiger partial charge in [-0.15, -0.1) is 0 Å². The molecule has 0 aromatic carbocycles. The Bertz CT molecular complexity index is 1370. The van der Waals surface area contributed by atoms with Crippen LogP contribution in [0.2, 0.25) is 30.8 Å². The van der Waals surface area contributed by atoms with E-state index in [0.29, 0.717) is 29.8 Å². The molecule has 0 unspecified atom stereocenters. The SMILES string of the molecule is CCS(=O)(=O)N1CC(CC#N)(n2cc(-c3ncnc4c3cc(Cl)n4COCC[Si](C)(C)C)cn2)C1. The quantitative estimate of drug-likeness (QED) is 0.287. The van der Waals surface area contributed by atoms with Crippen molar-refractivity contribution in [2.24, 2.45) is 0 Å². The van der Waals surface area contributed by atoms with Gasteiger partial charge in [-0.1, -0.05) is 31.2 Å². The number of hydrogen-bond donors (Lipinski definition) is 0. The molecule has 10 nitrogen and oxygen atoms in total. The summed E-state index contributed by atoms with van der Waals surface area (Å²) in [7, 11) is -4.51. The normalized spacial score (nSPS) is 16.3. The van der Waals surface area contributed by atoms with E-state index in [0.717, 1.165) is 17.0 Å². The lowest BCUT2D eigenvalue weighted by Gasteiger charge is -2.47. The van der Waals surface area contributed by atoms with E-state index in [1.54, 1.807) is 17.8 Å². The van der Waals surface area contributed by atoms with Gasteiger partial charge >= 0.3 is 0 Å². The molecule has 1 fully saturated rings. The third-order valence-electron chi connectivity index (χ3n) is 6.31. The first-order chi connectivity index (χ1) is 16.5. The van der Waals surface area contributed by atoms with Crippen molar-refractivity contribution in [3.05, 3.63) is 29.9 Å². The fourth-order valence-electron chi connectivity index (χ4n) is 4.10. The molecule has 0 atom stereocenters. The van der Waals surface area contributed by atoms with Crippen LogP contribution in [-0.4, -0.2) is 70.6 Å². The molecular formula is C22H30ClN7O3SSi. The molecule has 0 aliphatic carbocycles. The van der Waals surface area contributed by atoms with Gasteiger partial charge in [0, 0.05) is 44.9 Å². The molecule has 0 N–H and O–H groups in total. The summed E-state index contributed by atoms with van der Waals surface area (Å²) in [6.45, 7) is 9.93. The lowest BCUT2D eigenvalue weighted by atomic mass is 9.89. The Morgan fingerprint density at radius 2 is 2.03 bits per heavy atom. The summed E-state index contributed by atoms with van der Waals surface area (Å²) in [6, 6.07) is 5.06. The summed E-state index contributed by atoms with van der Waals surface area (Å²) in [6.07, 6.45) is 5.12. The van der Waals surface area contributed by atoms with Crippen molar-refractivity contribution < 1.29 is 13.2 Å². The average molecular weight is 536 g/mol. The summed E-state index contributed by atoms with van der Waals surface area (Å²) in [5.74, 6) is 0.0263. The second-order valence-electron chi connectivity index (χ2n) is 10.1. The van der Waals surface area contributed by atoms with Crippen LogP contribution >= 0.6 is 11.6 Å². The highest BCUT2D eigenvalue weighted by atomic mass is 35.5. The molecule has 13 heteroatoms. The molecule has 0 radical (unpaired) electrons. The third kappa shape index (κ3) is 5.15. The number of nitrogens with zero attached hydrogens (tertiary/aromatic N) is 7. The van der Waals surface area contributed by atoms with Crippen LogP contribution in [0.1, 0.15) is 13.3 Å². The van der Waals surface area contributed by atoms with E-state index in [2.05, 4.69) is 40.8 Å². The summed E-state index contributed by atoms with van der Waals surface area (Å²) in [5.41, 5.74) is 1.36. The molecule has 1 aliphatic rings. The predicted octanol–water partition coefficient (Wildman–Crippen LogP) is 3.53. The van der Waals surface area contributed by atoms with Crippen LogP contribution in [0.25, 0.3) is 22.3 Å². The lowest BCUT2D eigenvalue weighted by Crippen LogP contribution is -2.64. The van der Waals surface area contributed by atoms with Crippen molar-refractivity contribution in [1.29, 1.82) is 5.26 Å². The summed E-state index contributed by atoms with van der Waals surface area (Å²) < 4.78 is 35.2. The minimum absolute atomic E-state index is 0.0263. The van der Waals surface area contributed by atoms with Crippen LogP contribution in [0.5, 0.6) is 0 Å². The highest BCUT2D eigenvalue weighted by Gasteiger charge is 2.49. The Labute approximate surface area is 211 Å². The number of aromatic nitrogens is 5. The van der Waals surface area contributed by atoms with Gasteiger partial charge < -0.3 is 4.74 Å². The number of nitriles is 1. The van der Waals surface area contributed by atoms with Crippen LogP contribution in [-0.2, 0) is 27.0 Å². The number of hydrogen-bond acceptors (Lipinski definition) is 7. The van der Waals surface area contributed by atoms with Crippen molar-refractivity contribution in [3.8, 4) is 17.3 Å². The second kappa shape index (κ2) is 9.63. The van der Waals surface area contributed by atoms with Gasteiger partial charge in [-0.25, -0.2) is 18.4 Å². The first kappa shape index (κ1) is 25.8. The Balaban J connectivity index is 1.59. The topological polar surface area (TPSA) is 119 Å². The van der Waals surface area contributed by atoms with Gasteiger partial charge in [-0.2, -0.15) is 14.7 Å². The minimum Gasteiger partial charge on any atom is -0.361 e. The maximum atomic E-state index is 12.2. The molecule has 4 heterocycles. The monoisotopic (exact) mass is 535 g/mol. The zero-order valence-electron chi connectivity index (χ0n) is 20.4. The Morgan fingerprint density at radius 3 is 2.69 bits per heavy atom. The van der Waals surface area contributed by atoms with E-state index in [9.17, 15) is 13.7 Å².